The summed E-state index contributed by atoms with van der Waals surface area (Å²) < 4.78 is 0. The van der Waals surface area contributed by atoms with Crippen LogP contribution in [0.5, 0.6) is 0 Å². The molecular weight excluding hydrogens is 384 g/mol. The van der Waals surface area contributed by atoms with Gasteiger partial charge in [-0.05, 0) is 24.0 Å². The average Bonchev–Trinajstić information content (AvgIpc) is 2.75. The molecule has 30 heavy (non-hydrogen) atoms. The second-order valence-corrected chi connectivity index (χ2v) is 6.72. The number of hydrazine groups is 2. The standard InChI is InChI=1S/C22H26N4O4/c27-19(23-25-21(29)15-17-9-3-1-4-10-17)13-7-8-14-20(28)24-26-22(30)16-18-11-5-2-6-12-18/h1-6,9-12H,7-8,13-16H2,(H,23,27)(H,24,28)(H,25,29)(H,26,30). The number of nitrogens with one attached hydrogen (secondary N) is 4. The van der Waals surface area contributed by atoms with E-state index in [1.807, 2.05) is 60.7 Å². The van der Waals surface area contributed by atoms with Gasteiger partial charge in [-0.1, -0.05) is 60.7 Å². The molecule has 8 nitrogen and oxygen atoms in total. The van der Waals surface area contributed by atoms with Crippen LogP contribution < -0.4 is 21.7 Å². The zero-order valence-electron chi connectivity index (χ0n) is 16.6. The van der Waals surface area contributed by atoms with Crippen LogP contribution >= 0.6 is 0 Å². The van der Waals surface area contributed by atoms with E-state index < -0.39 is 0 Å². The van der Waals surface area contributed by atoms with Crippen LogP contribution in [0.3, 0.4) is 0 Å². The smallest absolute Gasteiger partial charge is 0.242 e. The fraction of sp³-hybridized carbons (Fsp3) is 0.273. The first-order chi connectivity index (χ1) is 14.5. The summed E-state index contributed by atoms with van der Waals surface area (Å²) in [5.74, 6) is -1.26. The van der Waals surface area contributed by atoms with Gasteiger partial charge in [0.15, 0.2) is 0 Å². The summed E-state index contributed by atoms with van der Waals surface area (Å²) in [5, 5.41) is 0. The third-order valence-corrected chi connectivity index (χ3v) is 4.16. The number of unbranched alkanes of at least 4 members (excludes halogenated alkanes) is 1. The van der Waals surface area contributed by atoms with E-state index in [-0.39, 0.29) is 49.3 Å². The van der Waals surface area contributed by atoms with E-state index in [2.05, 4.69) is 21.7 Å². The molecule has 2 rings (SSSR count). The Hall–Kier alpha value is -3.68. The molecule has 4 amide bonds. The lowest BCUT2D eigenvalue weighted by atomic mass is 10.1. The summed E-state index contributed by atoms with van der Waals surface area (Å²) in [5.41, 5.74) is 11.2. The quantitative estimate of drug-likeness (QED) is 0.369. The molecule has 4 N–H and O–H groups in total. The van der Waals surface area contributed by atoms with Crippen LogP contribution in [0.25, 0.3) is 0 Å². The monoisotopic (exact) mass is 410 g/mol. The highest BCUT2D eigenvalue weighted by Gasteiger charge is 2.08. The number of rotatable bonds is 9. The van der Waals surface area contributed by atoms with Gasteiger partial charge in [-0.3, -0.25) is 40.9 Å². The molecule has 2 aromatic rings. The van der Waals surface area contributed by atoms with Gasteiger partial charge in [0.25, 0.3) is 0 Å². The number of carbonyl (C=O) groups is 4. The molecule has 0 atom stereocenters. The van der Waals surface area contributed by atoms with Crippen LogP contribution in [-0.4, -0.2) is 23.6 Å². The molecule has 8 heteroatoms. The molecule has 0 aromatic heterocycles. The van der Waals surface area contributed by atoms with E-state index in [4.69, 9.17) is 0 Å². The number of hydrogen-bond acceptors (Lipinski definition) is 4. The maximum absolute atomic E-state index is 11.8. The summed E-state index contributed by atoms with van der Waals surface area (Å²) in [6.07, 6.45) is 1.67. The average molecular weight is 410 g/mol. The first kappa shape index (κ1) is 22.6. The molecule has 0 unspecified atom stereocenters. The molecule has 0 aliphatic rings. The van der Waals surface area contributed by atoms with Crippen molar-refractivity contribution in [2.24, 2.45) is 0 Å². The SMILES string of the molecule is O=C(CCCCC(=O)NNC(=O)Cc1ccccc1)NNC(=O)Cc1ccccc1. The molecule has 0 aliphatic heterocycles. The number of amides is 4. The minimum atomic E-state index is -0.326. The van der Waals surface area contributed by atoms with Gasteiger partial charge in [0.1, 0.15) is 0 Å². The van der Waals surface area contributed by atoms with Crippen LogP contribution in [0.4, 0.5) is 0 Å². The largest absolute Gasteiger partial charge is 0.273 e. The third kappa shape index (κ3) is 9.50. The van der Waals surface area contributed by atoms with Gasteiger partial charge in [0.05, 0.1) is 12.8 Å². The van der Waals surface area contributed by atoms with E-state index in [1.165, 1.54) is 0 Å². The Morgan fingerprint density at radius 1 is 0.500 bits per heavy atom. The lowest BCUT2D eigenvalue weighted by molar-refractivity contribution is -0.129. The van der Waals surface area contributed by atoms with Gasteiger partial charge in [-0.15, -0.1) is 0 Å². The van der Waals surface area contributed by atoms with E-state index in [0.717, 1.165) is 11.1 Å². The summed E-state index contributed by atoms with van der Waals surface area (Å²) in [6, 6.07) is 18.4. The Morgan fingerprint density at radius 2 is 0.833 bits per heavy atom. The summed E-state index contributed by atoms with van der Waals surface area (Å²) >= 11 is 0. The third-order valence-electron chi connectivity index (χ3n) is 4.16. The second kappa shape index (κ2) is 12.7. The molecule has 158 valence electrons. The van der Waals surface area contributed by atoms with E-state index in [1.54, 1.807) is 0 Å². The topological polar surface area (TPSA) is 116 Å². The number of benzene rings is 2. The predicted molar refractivity (Wildman–Crippen MR) is 111 cm³/mol. The Morgan fingerprint density at radius 3 is 1.20 bits per heavy atom. The Bertz CT molecular complexity index is 769. The summed E-state index contributed by atoms with van der Waals surface area (Å²) in [7, 11) is 0. The van der Waals surface area contributed by atoms with E-state index in [0.29, 0.717) is 12.8 Å². The number of carbonyl (C=O) groups excluding carboxylic acids is 4. The number of hydrogen-bond donors (Lipinski definition) is 4. The minimum Gasteiger partial charge on any atom is -0.273 e. The van der Waals surface area contributed by atoms with Crippen LogP contribution in [0, 0.1) is 0 Å². The first-order valence-corrected chi connectivity index (χ1v) is 9.76. The van der Waals surface area contributed by atoms with Crippen molar-refractivity contribution in [3.8, 4) is 0 Å². The maximum atomic E-state index is 11.8. The van der Waals surface area contributed by atoms with Gasteiger partial charge in [-0.25, -0.2) is 0 Å². The Labute approximate surface area is 175 Å². The van der Waals surface area contributed by atoms with E-state index in [9.17, 15) is 19.2 Å². The molecule has 0 fully saturated rings. The normalized spacial score (nSPS) is 10.0. The van der Waals surface area contributed by atoms with E-state index >= 15 is 0 Å². The van der Waals surface area contributed by atoms with Crippen LogP contribution in [-0.2, 0) is 32.0 Å². The molecule has 2 aromatic carbocycles. The van der Waals surface area contributed by atoms with Gasteiger partial charge in [0, 0.05) is 12.8 Å². The summed E-state index contributed by atoms with van der Waals surface area (Å²) in [4.78, 5) is 47.0. The first-order valence-electron chi connectivity index (χ1n) is 9.76. The second-order valence-electron chi connectivity index (χ2n) is 6.72. The molecule has 0 aliphatic carbocycles. The molecule has 0 saturated carbocycles. The van der Waals surface area contributed by atoms with Crippen molar-refractivity contribution in [1.82, 2.24) is 21.7 Å². The maximum Gasteiger partial charge on any atom is 0.242 e. The predicted octanol–water partition coefficient (Wildman–Crippen LogP) is 1.33. The Kier molecular flexibility index (Phi) is 9.58. The highest BCUT2D eigenvalue weighted by Crippen LogP contribution is 2.01. The van der Waals surface area contributed by atoms with Crippen LogP contribution in [0.2, 0.25) is 0 Å². The van der Waals surface area contributed by atoms with Crippen molar-refractivity contribution < 1.29 is 19.2 Å². The zero-order chi connectivity index (χ0) is 21.6. The summed E-state index contributed by atoms with van der Waals surface area (Å²) in [6.45, 7) is 0. The lowest BCUT2D eigenvalue weighted by Gasteiger charge is -2.08. The molecule has 0 radical (unpaired) electrons. The fourth-order valence-electron chi connectivity index (χ4n) is 2.63. The molecule has 0 spiro atoms. The van der Waals surface area contributed by atoms with Gasteiger partial charge >= 0.3 is 0 Å². The van der Waals surface area contributed by atoms with Gasteiger partial charge < -0.3 is 0 Å². The zero-order valence-corrected chi connectivity index (χ0v) is 16.6. The highest BCUT2D eigenvalue weighted by atomic mass is 16.2. The molecular formula is C22H26N4O4. The van der Waals surface area contributed by atoms with Crippen molar-refractivity contribution in [1.29, 1.82) is 0 Å². The van der Waals surface area contributed by atoms with Crippen molar-refractivity contribution in [2.45, 2.75) is 38.5 Å². The highest BCUT2D eigenvalue weighted by molar-refractivity contribution is 5.84. The lowest BCUT2D eigenvalue weighted by Crippen LogP contribution is -2.42. The van der Waals surface area contributed by atoms with Crippen molar-refractivity contribution in [3.63, 3.8) is 0 Å². The van der Waals surface area contributed by atoms with Gasteiger partial charge in [-0.2, -0.15) is 0 Å². The van der Waals surface area contributed by atoms with Crippen molar-refractivity contribution in [2.75, 3.05) is 0 Å². The Balaban J connectivity index is 1.50. The van der Waals surface area contributed by atoms with Crippen molar-refractivity contribution >= 4 is 23.6 Å². The molecule has 0 saturated heterocycles. The van der Waals surface area contributed by atoms with Crippen molar-refractivity contribution in [3.05, 3.63) is 71.8 Å². The van der Waals surface area contributed by atoms with Crippen LogP contribution in [0.15, 0.2) is 60.7 Å². The van der Waals surface area contributed by atoms with Gasteiger partial charge in [0.2, 0.25) is 23.6 Å². The van der Waals surface area contributed by atoms with Crippen LogP contribution in [0.1, 0.15) is 36.8 Å². The fourth-order valence-corrected chi connectivity index (χ4v) is 2.63. The molecule has 0 bridgehead atoms. The molecule has 0 heterocycles. The minimum absolute atomic E-state index is 0.178.